The third kappa shape index (κ3) is 20.7. The highest BCUT2D eigenvalue weighted by Crippen LogP contribution is 2.13. The molecule has 0 aromatic heterocycles. The number of hydrogen-bond acceptors (Lipinski definition) is 0. The molecule has 0 aliphatic carbocycles. The first-order valence-electron chi connectivity index (χ1n) is 10.5. The summed E-state index contributed by atoms with van der Waals surface area (Å²) >= 11 is 5.72. The number of hydrogen-bond donors (Lipinski definition) is 0. The molecule has 0 aromatic carbocycles. The predicted molar refractivity (Wildman–Crippen MR) is 112 cm³/mol. The van der Waals surface area contributed by atoms with Gasteiger partial charge in [0, 0.05) is 24.0 Å². The standard InChI is InChI=1S/C19H43ClSi2/c1-2-3-4-5-6-7-8-9-10-11-12-13-14-15-18-21-22-19-16-17-20/h2-19,21-22H2,1H3. The molecule has 0 heterocycles. The number of unbranched alkanes of at least 4 members (excludes halogenated alkanes) is 13. The van der Waals surface area contributed by atoms with E-state index in [-0.39, 0.29) is 0 Å². The van der Waals surface area contributed by atoms with E-state index in [2.05, 4.69) is 6.92 Å². The molecule has 0 saturated heterocycles. The second kappa shape index (κ2) is 21.7. The molecule has 0 amide bonds. The number of alkyl halides is 1. The van der Waals surface area contributed by atoms with Crippen LogP contribution in [0.15, 0.2) is 0 Å². The summed E-state index contributed by atoms with van der Waals surface area (Å²) in [4.78, 5) is 0. The summed E-state index contributed by atoms with van der Waals surface area (Å²) < 4.78 is 0. The van der Waals surface area contributed by atoms with E-state index in [9.17, 15) is 0 Å². The zero-order valence-corrected chi connectivity index (χ0v) is 19.1. The normalized spacial score (nSPS) is 12.3. The Balaban J connectivity index is 2.91. The molecule has 0 aliphatic rings. The highest BCUT2D eigenvalue weighted by atomic mass is 35.5. The van der Waals surface area contributed by atoms with Crippen molar-refractivity contribution in [1.82, 2.24) is 0 Å². The first-order chi connectivity index (χ1) is 10.9. The van der Waals surface area contributed by atoms with Gasteiger partial charge in [-0.2, -0.15) is 0 Å². The van der Waals surface area contributed by atoms with Gasteiger partial charge >= 0.3 is 0 Å². The zero-order chi connectivity index (χ0) is 16.1. The summed E-state index contributed by atoms with van der Waals surface area (Å²) in [6.45, 7) is 2.30. The molecule has 0 rings (SSSR count). The van der Waals surface area contributed by atoms with Crippen molar-refractivity contribution in [3.63, 3.8) is 0 Å². The van der Waals surface area contributed by atoms with Crippen LogP contribution in [0.1, 0.15) is 103 Å². The smallest absolute Gasteiger partial charge is 0.0220 e. The van der Waals surface area contributed by atoms with E-state index >= 15 is 0 Å². The lowest BCUT2D eigenvalue weighted by molar-refractivity contribution is 0.538. The molecule has 0 radical (unpaired) electrons. The van der Waals surface area contributed by atoms with Gasteiger partial charge in [0.1, 0.15) is 0 Å². The third-order valence-corrected chi connectivity index (χ3v) is 12.0. The summed E-state index contributed by atoms with van der Waals surface area (Å²) in [6, 6.07) is 3.18. The largest absolute Gasteiger partial charge is 0.127 e. The van der Waals surface area contributed by atoms with Gasteiger partial charge in [0.15, 0.2) is 0 Å². The molecule has 0 nitrogen and oxygen atoms in total. The van der Waals surface area contributed by atoms with Crippen molar-refractivity contribution in [2.45, 2.75) is 115 Å². The van der Waals surface area contributed by atoms with E-state index < -0.39 is 0 Å². The molecular weight excluding hydrogens is 320 g/mol. The second-order valence-corrected chi connectivity index (χ2v) is 14.5. The Morgan fingerprint density at radius 2 is 0.864 bits per heavy atom. The average Bonchev–Trinajstić information content (AvgIpc) is 2.54. The first kappa shape index (κ1) is 22.7. The van der Waals surface area contributed by atoms with Crippen molar-refractivity contribution in [2.24, 2.45) is 0 Å². The van der Waals surface area contributed by atoms with Crippen LogP contribution in [-0.2, 0) is 0 Å². The van der Waals surface area contributed by atoms with E-state index in [1.807, 2.05) is 0 Å². The third-order valence-electron chi connectivity index (χ3n) is 4.74. The molecular formula is C19H43ClSi2. The van der Waals surface area contributed by atoms with E-state index in [1.165, 1.54) is 95.9 Å². The van der Waals surface area contributed by atoms with E-state index in [4.69, 9.17) is 11.6 Å². The molecule has 0 spiro atoms. The van der Waals surface area contributed by atoms with Gasteiger partial charge in [-0.15, -0.1) is 11.6 Å². The lowest BCUT2D eigenvalue weighted by atomic mass is 10.0. The zero-order valence-electron chi connectivity index (χ0n) is 15.5. The quantitative estimate of drug-likeness (QED) is 0.146. The van der Waals surface area contributed by atoms with Crippen molar-refractivity contribution in [3.05, 3.63) is 0 Å². The molecule has 0 fully saturated rings. The number of halogens is 1. The fraction of sp³-hybridized carbons (Fsp3) is 1.00. The molecule has 0 N–H and O–H groups in total. The molecule has 0 atom stereocenters. The van der Waals surface area contributed by atoms with Gasteiger partial charge in [-0.25, -0.2) is 0 Å². The van der Waals surface area contributed by atoms with Crippen molar-refractivity contribution >= 4 is 29.7 Å². The fourth-order valence-corrected chi connectivity index (χ4v) is 9.94. The maximum absolute atomic E-state index is 5.72. The van der Waals surface area contributed by atoms with Gasteiger partial charge in [-0.1, -0.05) is 109 Å². The topological polar surface area (TPSA) is 0 Å². The lowest BCUT2D eigenvalue weighted by Crippen LogP contribution is -2.02. The molecule has 3 heteroatoms. The SMILES string of the molecule is CCCCCCCCCCCCCCCC[SiH2][SiH2]CCCCl. The second-order valence-electron chi connectivity index (χ2n) is 7.05. The fourth-order valence-electron chi connectivity index (χ4n) is 3.17. The van der Waals surface area contributed by atoms with Crippen LogP contribution in [0.25, 0.3) is 0 Å². The predicted octanol–water partition coefficient (Wildman–Crippen LogP) is 6.19. The maximum atomic E-state index is 5.72. The van der Waals surface area contributed by atoms with Crippen LogP contribution in [0, 0.1) is 0 Å². The Kier molecular flexibility index (Phi) is 22.4. The Morgan fingerprint density at radius 1 is 0.500 bits per heavy atom. The average molecular weight is 363 g/mol. The van der Waals surface area contributed by atoms with Crippen molar-refractivity contribution in [3.8, 4) is 0 Å². The van der Waals surface area contributed by atoms with Crippen LogP contribution in [0.4, 0.5) is 0 Å². The number of rotatable bonds is 19. The van der Waals surface area contributed by atoms with Crippen LogP contribution >= 0.6 is 11.6 Å². The highest BCUT2D eigenvalue weighted by molar-refractivity contribution is 7.00. The van der Waals surface area contributed by atoms with Gasteiger partial charge in [-0.3, -0.25) is 0 Å². The Hall–Kier alpha value is 0.724. The summed E-state index contributed by atoms with van der Waals surface area (Å²) in [6.07, 6.45) is 22.1. The summed E-state index contributed by atoms with van der Waals surface area (Å²) in [5.74, 6) is 0.903. The molecule has 22 heavy (non-hydrogen) atoms. The molecule has 0 aromatic rings. The highest BCUT2D eigenvalue weighted by Gasteiger charge is 1.95. The lowest BCUT2D eigenvalue weighted by Gasteiger charge is -2.03. The van der Waals surface area contributed by atoms with Gasteiger partial charge in [0.05, 0.1) is 0 Å². The Labute approximate surface area is 151 Å². The van der Waals surface area contributed by atoms with E-state index in [1.54, 1.807) is 12.5 Å². The van der Waals surface area contributed by atoms with Crippen LogP contribution < -0.4 is 0 Å². The molecule has 134 valence electrons. The monoisotopic (exact) mass is 362 g/mol. The summed E-state index contributed by atoms with van der Waals surface area (Å²) in [5.41, 5.74) is 0. The minimum absolute atomic E-state index is 0.392. The van der Waals surface area contributed by atoms with E-state index in [0.29, 0.717) is 18.1 Å². The molecule has 0 saturated carbocycles. The minimum atomic E-state index is 0.392. The van der Waals surface area contributed by atoms with Gasteiger partial charge in [-0.05, 0) is 6.42 Å². The van der Waals surface area contributed by atoms with Crippen LogP contribution in [-0.4, -0.2) is 24.0 Å². The minimum Gasteiger partial charge on any atom is -0.127 e. The molecule has 0 bridgehead atoms. The Bertz CT molecular complexity index is 168. The summed E-state index contributed by atoms with van der Waals surface area (Å²) in [7, 11) is 0.801. The van der Waals surface area contributed by atoms with Crippen LogP contribution in [0.3, 0.4) is 0 Å². The van der Waals surface area contributed by atoms with Crippen molar-refractivity contribution < 1.29 is 0 Å². The van der Waals surface area contributed by atoms with Gasteiger partial charge < -0.3 is 0 Å². The molecule has 0 aliphatic heterocycles. The van der Waals surface area contributed by atoms with Gasteiger partial charge in [0.2, 0.25) is 0 Å². The van der Waals surface area contributed by atoms with Crippen molar-refractivity contribution in [2.75, 3.05) is 5.88 Å². The molecule has 0 unspecified atom stereocenters. The first-order valence-corrected chi connectivity index (χ1v) is 17.0. The maximum Gasteiger partial charge on any atom is 0.0220 e. The van der Waals surface area contributed by atoms with Crippen LogP contribution in [0.5, 0.6) is 0 Å². The van der Waals surface area contributed by atoms with Crippen LogP contribution in [0.2, 0.25) is 12.1 Å². The van der Waals surface area contributed by atoms with Crippen molar-refractivity contribution in [1.29, 1.82) is 0 Å². The van der Waals surface area contributed by atoms with Gasteiger partial charge in [0.25, 0.3) is 0 Å². The van der Waals surface area contributed by atoms with E-state index in [0.717, 1.165) is 5.88 Å². The summed E-state index contributed by atoms with van der Waals surface area (Å²) in [5, 5.41) is 0. The Morgan fingerprint density at radius 3 is 1.27 bits per heavy atom.